The lowest BCUT2D eigenvalue weighted by molar-refractivity contribution is -0.149. The van der Waals surface area contributed by atoms with Gasteiger partial charge in [0.1, 0.15) is 5.54 Å². The monoisotopic (exact) mass is 233 g/mol. The molecule has 0 saturated heterocycles. The van der Waals surface area contributed by atoms with Crippen molar-refractivity contribution in [2.24, 2.45) is 5.73 Å². The molecular formula is C11H23NO2S. The highest BCUT2D eigenvalue weighted by molar-refractivity contribution is 8.00. The van der Waals surface area contributed by atoms with Crippen molar-refractivity contribution in [2.45, 2.75) is 51.3 Å². The molecule has 0 amide bonds. The summed E-state index contributed by atoms with van der Waals surface area (Å²) in [4.78, 5) is 11.5. The molecule has 0 spiro atoms. The van der Waals surface area contributed by atoms with Gasteiger partial charge in [0, 0.05) is 4.75 Å². The number of hydrogen-bond donors (Lipinski definition) is 1. The van der Waals surface area contributed by atoms with Gasteiger partial charge in [0.2, 0.25) is 0 Å². The molecule has 0 radical (unpaired) electrons. The number of carbonyl (C=O) groups is 1. The van der Waals surface area contributed by atoms with E-state index in [1.54, 1.807) is 13.8 Å². The Morgan fingerprint density at radius 3 is 2.27 bits per heavy atom. The molecule has 0 saturated carbocycles. The van der Waals surface area contributed by atoms with Gasteiger partial charge in [-0.1, -0.05) is 20.8 Å². The van der Waals surface area contributed by atoms with E-state index in [0.717, 1.165) is 5.75 Å². The van der Waals surface area contributed by atoms with Crippen molar-refractivity contribution in [1.29, 1.82) is 0 Å². The van der Waals surface area contributed by atoms with Crippen molar-refractivity contribution in [3.63, 3.8) is 0 Å². The van der Waals surface area contributed by atoms with Crippen LogP contribution < -0.4 is 5.73 Å². The zero-order chi connectivity index (χ0) is 12.1. The molecule has 90 valence electrons. The van der Waals surface area contributed by atoms with E-state index in [0.29, 0.717) is 13.0 Å². The Bertz CT molecular complexity index is 209. The lowest BCUT2D eigenvalue weighted by Crippen LogP contribution is -2.46. The first-order valence-electron chi connectivity index (χ1n) is 5.29. The Balaban J connectivity index is 3.99. The van der Waals surface area contributed by atoms with Gasteiger partial charge in [0.25, 0.3) is 0 Å². The van der Waals surface area contributed by atoms with Crippen molar-refractivity contribution in [3.05, 3.63) is 0 Å². The van der Waals surface area contributed by atoms with Crippen LogP contribution in [0.15, 0.2) is 0 Å². The average molecular weight is 233 g/mol. The standard InChI is InChI=1S/C11H23NO2S/c1-6-14-9(13)11(5,12)7-8-15-10(2,3)4/h6-8,12H2,1-5H3. The summed E-state index contributed by atoms with van der Waals surface area (Å²) >= 11 is 1.81. The molecule has 3 nitrogen and oxygen atoms in total. The van der Waals surface area contributed by atoms with E-state index in [2.05, 4.69) is 20.8 Å². The summed E-state index contributed by atoms with van der Waals surface area (Å²) in [5.74, 6) is 0.564. The van der Waals surface area contributed by atoms with Crippen LogP contribution in [-0.2, 0) is 9.53 Å². The highest BCUT2D eigenvalue weighted by Crippen LogP contribution is 2.25. The van der Waals surface area contributed by atoms with Crippen LogP contribution in [0.5, 0.6) is 0 Å². The maximum atomic E-state index is 11.5. The van der Waals surface area contributed by atoms with Gasteiger partial charge in [-0.3, -0.25) is 4.79 Å². The van der Waals surface area contributed by atoms with Gasteiger partial charge < -0.3 is 10.5 Å². The van der Waals surface area contributed by atoms with Gasteiger partial charge in [-0.2, -0.15) is 11.8 Å². The summed E-state index contributed by atoms with van der Waals surface area (Å²) in [6, 6.07) is 0. The van der Waals surface area contributed by atoms with Crippen molar-refractivity contribution in [2.75, 3.05) is 12.4 Å². The zero-order valence-electron chi connectivity index (χ0n) is 10.4. The first-order valence-corrected chi connectivity index (χ1v) is 6.27. The van der Waals surface area contributed by atoms with Crippen LogP contribution in [0.3, 0.4) is 0 Å². The van der Waals surface area contributed by atoms with Gasteiger partial charge in [-0.05, 0) is 26.0 Å². The van der Waals surface area contributed by atoms with Gasteiger partial charge >= 0.3 is 5.97 Å². The third-order valence-electron chi connectivity index (χ3n) is 1.90. The molecule has 0 fully saturated rings. The maximum Gasteiger partial charge on any atom is 0.325 e. The van der Waals surface area contributed by atoms with Crippen LogP contribution in [0.1, 0.15) is 41.0 Å². The molecule has 0 heterocycles. The van der Waals surface area contributed by atoms with Gasteiger partial charge in [-0.15, -0.1) is 0 Å². The summed E-state index contributed by atoms with van der Waals surface area (Å²) in [5.41, 5.74) is 5.03. The van der Waals surface area contributed by atoms with Crippen LogP contribution in [0.25, 0.3) is 0 Å². The lowest BCUT2D eigenvalue weighted by atomic mass is 10.0. The van der Waals surface area contributed by atoms with E-state index >= 15 is 0 Å². The SMILES string of the molecule is CCOC(=O)C(C)(N)CCSC(C)(C)C. The molecule has 0 aliphatic carbocycles. The zero-order valence-corrected chi connectivity index (χ0v) is 11.2. The minimum absolute atomic E-state index is 0.213. The Labute approximate surface area is 97.1 Å². The fraction of sp³-hybridized carbons (Fsp3) is 0.909. The molecule has 0 aliphatic rings. The fourth-order valence-electron chi connectivity index (χ4n) is 0.967. The second-order valence-electron chi connectivity index (χ2n) is 4.85. The normalized spacial score (nSPS) is 15.9. The van der Waals surface area contributed by atoms with Crippen molar-refractivity contribution >= 4 is 17.7 Å². The van der Waals surface area contributed by atoms with Crippen molar-refractivity contribution < 1.29 is 9.53 Å². The molecule has 0 aliphatic heterocycles. The predicted octanol–water partition coefficient (Wildman–Crippen LogP) is 2.19. The lowest BCUT2D eigenvalue weighted by Gasteiger charge is -2.24. The molecule has 0 aromatic rings. The molecule has 4 heteroatoms. The van der Waals surface area contributed by atoms with E-state index in [-0.39, 0.29) is 10.7 Å². The molecule has 0 aromatic carbocycles. The number of rotatable bonds is 5. The second kappa shape index (κ2) is 5.75. The minimum atomic E-state index is -0.853. The first-order chi connectivity index (χ1) is 6.69. The number of thioether (sulfide) groups is 1. The summed E-state index contributed by atoms with van der Waals surface area (Å²) in [6.07, 6.45) is 0.647. The van der Waals surface area contributed by atoms with E-state index in [4.69, 9.17) is 10.5 Å². The largest absolute Gasteiger partial charge is 0.465 e. The highest BCUT2D eigenvalue weighted by atomic mass is 32.2. The first kappa shape index (κ1) is 14.8. The molecule has 1 unspecified atom stereocenters. The van der Waals surface area contributed by atoms with E-state index in [1.165, 1.54) is 0 Å². The van der Waals surface area contributed by atoms with Crippen LogP contribution in [0.2, 0.25) is 0 Å². The van der Waals surface area contributed by atoms with E-state index < -0.39 is 5.54 Å². The van der Waals surface area contributed by atoms with Crippen LogP contribution in [0, 0.1) is 0 Å². The topological polar surface area (TPSA) is 52.3 Å². The molecule has 1 atom stereocenters. The van der Waals surface area contributed by atoms with Crippen LogP contribution in [0.4, 0.5) is 0 Å². The second-order valence-corrected chi connectivity index (χ2v) is 6.77. The van der Waals surface area contributed by atoms with E-state index in [9.17, 15) is 4.79 Å². The van der Waals surface area contributed by atoms with E-state index in [1.807, 2.05) is 11.8 Å². The number of esters is 1. The van der Waals surface area contributed by atoms with Gasteiger partial charge in [0.15, 0.2) is 0 Å². The minimum Gasteiger partial charge on any atom is -0.465 e. The number of nitrogens with two attached hydrogens (primary N) is 1. The fourth-order valence-corrected chi connectivity index (χ4v) is 2.11. The quantitative estimate of drug-likeness (QED) is 0.740. The summed E-state index contributed by atoms with van der Waals surface area (Å²) in [6.45, 7) is 10.4. The molecule has 2 N–H and O–H groups in total. The molecule has 15 heavy (non-hydrogen) atoms. The highest BCUT2D eigenvalue weighted by Gasteiger charge is 2.29. The van der Waals surface area contributed by atoms with Crippen LogP contribution >= 0.6 is 11.8 Å². The predicted molar refractivity (Wildman–Crippen MR) is 66.1 cm³/mol. The summed E-state index contributed by atoms with van der Waals surface area (Å²) < 4.78 is 5.13. The third-order valence-corrected chi connectivity index (χ3v) is 3.17. The number of ether oxygens (including phenoxy) is 1. The van der Waals surface area contributed by atoms with Crippen molar-refractivity contribution in [3.8, 4) is 0 Å². The Hall–Kier alpha value is -0.220. The van der Waals surface area contributed by atoms with Gasteiger partial charge in [0.05, 0.1) is 6.61 Å². The summed E-state index contributed by atoms with van der Waals surface area (Å²) in [5, 5.41) is 0. The molecule has 0 aromatic heterocycles. The Morgan fingerprint density at radius 2 is 1.87 bits per heavy atom. The molecular weight excluding hydrogens is 210 g/mol. The average Bonchev–Trinajstić information content (AvgIpc) is 2.01. The summed E-state index contributed by atoms with van der Waals surface area (Å²) in [7, 11) is 0. The Kier molecular flexibility index (Phi) is 5.67. The number of hydrogen-bond acceptors (Lipinski definition) is 4. The maximum absolute atomic E-state index is 11.5. The number of carbonyl (C=O) groups excluding carboxylic acids is 1. The van der Waals surface area contributed by atoms with Gasteiger partial charge in [-0.25, -0.2) is 0 Å². The smallest absolute Gasteiger partial charge is 0.325 e. The Morgan fingerprint density at radius 1 is 1.33 bits per heavy atom. The van der Waals surface area contributed by atoms with Crippen molar-refractivity contribution in [1.82, 2.24) is 0 Å². The molecule has 0 rings (SSSR count). The molecule has 0 bridgehead atoms. The third kappa shape index (κ3) is 6.79. The van der Waals surface area contributed by atoms with Crippen LogP contribution in [-0.4, -0.2) is 28.6 Å².